The highest BCUT2D eigenvalue weighted by atomic mass is 16.2. The Labute approximate surface area is 175 Å². The Kier molecular flexibility index (Phi) is 4.75. The van der Waals surface area contributed by atoms with Gasteiger partial charge < -0.3 is 14.4 Å². The van der Waals surface area contributed by atoms with Crippen molar-refractivity contribution in [2.24, 2.45) is 7.05 Å². The second-order valence-electron chi connectivity index (χ2n) is 8.21. The molecule has 0 saturated carbocycles. The van der Waals surface area contributed by atoms with E-state index in [1.165, 1.54) is 0 Å². The minimum Gasteiger partial charge on any atom is -0.357 e. The molecule has 0 N–H and O–H groups in total. The summed E-state index contributed by atoms with van der Waals surface area (Å²) in [5.74, 6) is 0.0774. The van der Waals surface area contributed by atoms with Crippen LogP contribution in [0.25, 0.3) is 10.9 Å². The van der Waals surface area contributed by atoms with Crippen LogP contribution in [0.1, 0.15) is 11.3 Å². The highest BCUT2D eigenvalue weighted by Gasteiger charge is 2.42. The Morgan fingerprint density at radius 3 is 2.73 bits per heavy atom. The van der Waals surface area contributed by atoms with Crippen molar-refractivity contribution in [3.05, 3.63) is 66.1 Å². The van der Waals surface area contributed by atoms with Gasteiger partial charge in [0.05, 0.1) is 11.2 Å². The van der Waals surface area contributed by atoms with Gasteiger partial charge in [-0.1, -0.05) is 24.3 Å². The van der Waals surface area contributed by atoms with Crippen LogP contribution in [0.3, 0.4) is 0 Å². The summed E-state index contributed by atoms with van der Waals surface area (Å²) in [6.07, 6.45) is 3.94. The molecule has 2 aliphatic heterocycles. The lowest BCUT2D eigenvalue weighted by molar-refractivity contribution is -0.160. The third-order valence-electron chi connectivity index (χ3n) is 6.02. The molecule has 5 rings (SSSR count). The van der Waals surface area contributed by atoms with Crippen LogP contribution in [-0.2, 0) is 29.7 Å². The monoisotopic (exact) mass is 403 g/mol. The summed E-state index contributed by atoms with van der Waals surface area (Å²) < 4.78 is 1.96. The average molecular weight is 403 g/mol. The van der Waals surface area contributed by atoms with Gasteiger partial charge in [-0.15, -0.1) is 0 Å². The smallest absolute Gasteiger partial charge is 0.247 e. The molecule has 1 aromatic carbocycles. The Bertz CT molecular complexity index is 1110. The van der Waals surface area contributed by atoms with Gasteiger partial charge in [0.2, 0.25) is 11.8 Å². The zero-order valence-corrected chi connectivity index (χ0v) is 17.1. The van der Waals surface area contributed by atoms with Crippen molar-refractivity contribution in [1.29, 1.82) is 0 Å². The van der Waals surface area contributed by atoms with E-state index >= 15 is 0 Å². The van der Waals surface area contributed by atoms with Gasteiger partial charge in [0.1, 0.15) is 12.6 Å². The molecular formula is C23H25N5O2. The van der Waals surface area contributed by atoms with Crippen LogP contribution < -0.4 is 0 Å². The summed E-state index contributed by atoms with van der Waals surface area (Å²) in [4.78, 5) is 36.3. The van der Waals surface area contributed by atoms with Crippen molar-refractivity contribution in [2.75, 3.05) is 26.2 Å². The van der Waals surface area contributed by atoms with E-state index in [1.807, 2.05) is 54.3 Å². The Morgan fingerprint density at radius 2 is 1.90 bits per heavy atom. The number of rotatable bonds is 4. The van der Waals surface area contributed by atoms with Crippen LogP contribution in [0.15, 0.2) is 54.9 Å². The normalized spacial score (nSPS) is 20.1. The van der Waals surface area contributed by atoms with Crippen LogP contribution in [0.4, 0.5) is 0 Å². The van der Waals surface area contributed by atoms with E-state index in [0.717, 1.165) is 28.7 Å². The van der Waals surface area contributed by atoms with E-state index < -0.39 is 6.04 Å². The average Bonchev–Trinajstić information content (AvgIpc) is 3.16. The third-order valence-corrected chi connectivity index (χ3v) is 6.02. The quantitative estimate of drug-likeness (QED) is 0.664. The Balaban J connectivity index is 1.30. The number of hydrogen-bond acceptors (Lipinski definition) is 4. The van der Waals surface area contributed by atoms with Crippen molar-refractivity contribution < 1.29 is 9.59 Å². The fraction of sp³-hybridized carbons (Fsp3) is 0.348. The minimum atomic E-state index is -0.413. The van der Waals surface area contributed by atoms with Gasteiger partial charge >= 0.3 is 0 Å². The number of para-hydroxylation sites is 1. The molecule has 2 fully saturated rings. The van der Waals surface area contributed by atoms with Crippen LogP contribution >= 0.6 is 0 Å². The fourth-order valence-corrected chi connectivity index (χ4v) is 4.47. The van der Waals surface area contributed by atoms with Crippen molar-refractivity contribution >= 4 is 22.7 Å². The molecule has 0 bridgehead atoms. The number of hydrogen-bond donors (Lipinski definition) is 0. The fourth-order valence-electron chi connectivity index (χ4n) is 4.47. The molecule has 4 heterocycles. The molecule has 154 valence electrons. The number of carbonyl (C=O) groups excluding carboxylic acids is 2. The topological polar surface area (TPSA) is 61.7 Å². The van der Waals surface area contributed by atoms with Crippen LogP contribution in [0.5, 0.6) is 0 Å². The highest BCUT2D eigenvalue weighted by Crippen LogP contribution is 2.21. The first kappa shape index (κ1) is 18.8. The van der Waals surface area contributed by atoms with Gasteiger partial charge in [-0.05, 0) is 23.8 Å². The molecule has 3 aromatic rings. The van der Waals surface area contributed by atoms with Gasteiger partial charge in [0.15, 0.2) is 0 Å². The van der Waals surface area contributed by atoms with Crippen molar-refractivity contribution in [1.82, 2.24) is 24.3 Å². The molecule has 7 heteroatoms. The molecule has 0 aliphatic carbocycles. The highest BCUT2D eigenvalue weighted by molar-refractivity contribution is 5.95. The maximum atomic E-state index is 13.2. The number of carbonyl (C=O) groups is 2. The van der Waals surface area contributed by atoms with Crippen LogP contribution in [0, 0.1) is 0 Å². The number of aromatic nitrogens is 2. The van der Waals surface area contributed by atoms with E-state index in [2.05, 4.69) is 17.0 Å². The molecule has 2 aliphatic rings. The van der Waals surface area contributed by atoms with Crippen LogP contribution in [0.2, 0.25) is 0 Å². The number of amides is 2. The first-order valence-electron chi connectivity index (χ1n) is 10.3. The second kappa shape index (κ2) is 7.57. The summed E-state index contributed by atoms with van der Waals surface area (Å²) in [6, 6.07) is 13.8. The number of nitrogens with zero attached hydrogens (tertiary/aromatic N) is 5. The SMILES string of the molecule is Cn1ccc(CN2CC(=O)N3CCN(Cc4ccc5ccccc5n4)CC3C2=O)c1. The number of piperazine rings is 2. The molecule has 0 radical (unpaired) electrons. The second-order valence-corrected chi connectivity index (χ2v) is 8.21. The maximum Gasteiger partial charge on any atom is 0.247 e. The van der Waals surface area contributed by atoms with Gasteiger partial charge in [0.25, 0.3) is 0 Å². The molecule has 2 aromatic heterocycles. The van der Waals surface area contributed by atoms with E-state index in [0.29, 0.717) is 26.2 Å². The van der Waals surface area contributed by atoms with E-state index in [1.54, 1.807) is 9.80 Å². The minimum absolute atomic E-state index is 0.0367. The summed E-state index contributed by atoms with van der Waals surface area (Å²) in [6.45, 7) is 3.20. The molecule has 7 nitrogen and oxygen atoms in total. The number of aryl methyl sites for hydroxylation is 1. The molecule has 1 atom stereocenters. The zero-order chi connectivity index (χ0) is 20.7. The van der Waals surface area contributed by atoms with Gasteiger partial charge in [0, 0.05) is 57.6 Å². The maximum absolute atomic E-state index is 13.2. The standard InChI is InChI=1S/C23H25N5O2/c1-25-9-8-17(12-25)13-27-16-22(29)28-11-10-26(15-21(28)23(27)30)14-19-7-6-18-4-2-3-5-20(18)24-19/h2-9,12,21H,10-11,13-16H2,1H3. The predicted molar refractivity (Wildman–Crippen MR) is 113 cm³/mol. The summed E-state index contributed by atoms with van der Waals surface area (Å²) in [5, 5.41) is 1.12. The number of benzene rings is 1. The van der Waals surface area contributed by atoms with Crippen molar-refractivity contribution in [3.63, 3.8) is 0 Å². The zero-order valence-electron chi connectivity index (χ0n) is 17.1. The molecule has 1 unspecified atom stereocenters. The number of pyridine rings is 1. The lowest BCUT2D eigenvalue weighted by Gasteiger charge is -2.46. The van der Waals surface area contributed by atoms with E-state index in [4.69, 9.17) is 4.98 Å². The molecular weight excluding hydrogens is 378 g/mol. The first-order chi connectivity index (χ1) is 14.6. The lowest BCUT2D eigenvalue weighted by Crippen LogP contribution is -2.66. The van der Waals surface area contributed by atoms with Gasteiger partial charge in [-0.2, -0.15) is 0 Å². The summed E-state index contributed by atoms with van der Waals surface area (Å²) >= 11 is 0. The molecule has 0 spiro atoms. The van der Waals surface area contributed by atoms with Gasteiger partial charge in [-0.25, -0.2) is 0 Å². The summed E-state index contributed by atoms with van der Waals surface area (Å²) in [5.41, 5.74) is 3.00. The first-order valence-corrected chi connectivity index (χ1v) is 10.3. The third kappa shape index (κ3) is 3.57. The molecule has 2 saturated heterocycles. The lowest BCUT2D eigenvalue weighted by atomic mass is 10.1. The largest absolute Gasteiger partial charge is 0.357 e. The van der Waals surface area contributed by atoms with Gasteiger partial charge in [-0.3, -0.25) is 19.5 Å². The van der Waals surface area contributed by atoms with E-state index in [-0.39, 0.29) is 18.4 Å². The van der Waals surface area contributed by atoms with Crippen LogP contribution in [-0.4, -0.2) is 68.3 Å². The van der Waals surface area contributed by atoms with Crippen molar-refractivity contribution in [3.8, 4) is 0 Å². The molecule has 2 amide bonds. The predicted octanol–water partition coefficient (Wildman–Crippen LogP) is 1.63. The molecule has 30 heavy (non-hydrogen) atoms. The Morgan fingerprint density at radius 1 is 1.03 bits per heavy atom. The number of fused-ring (bicyclic) bond motifs is 2. The van der Waals surface area contributed by atoms with Crippen molar-refractivity contribution in [2.45, 2.75) is 19.1 Å². The van der Waals surface area contributed by atoms with E-state index in [9.17, 15) is 9.59 Å². The summed E-state index contributed by atoms with van der Waals surface area (Å²) in [7, 11) is 1.95. The Hall–Kier alpha value is -3.19.